The number of hydrogen-bond acceptors (Lipinski definition) is 5. The van der Waals surface area contributed by atoms with Gasteiger partial charge < -0.3 is 24.5 Å². The van der Waals surface area contributed by atoms with Crippen molar-refractivity contribution in [3.05, 3.63) is 58.5 Å². The molecule has 2 heterocycles. The van der Waals surface area contributed by atoms with E-state index in [-0.39, 0.29) is 6.03 Å². The second-order valence-electron chi connectivity index (χ2n) is 5.50. The fraction of sp³-hybridized carbons (Fsp3) is 0.211. The lowest BCUT2D eigenvalue weighted by atomic mass is 10.2. The Hall–Kier alpha value is -2.93. The summed E-state index contributed by atoms with van der Waals surface area (Å²) < 4.78 is 15.8. The minimum absolute atomic E-state index is 0.229. The molecular formula is C19H20N2O4S. The smallest absolute Gasteiger partial charge is 0.315 e. The number of carbonyl (C=O) groups is 1. The molecule has 0 aliphatic carbocycles. The van der Waals surface area contributed by atoms with E-state index in [4.69, 9.17) is 13.9 Å². The van der Waals surface area contributed by atoms with Gasteiger partial charge in [0.2, 0.25) is 0 Å². The second-order valence-corrected chi connectivity index (χ2v) is 6.50. The molecule has 6 nitrogen and oxygen atoms in total. The SMILES string of the molecule is COc1ccc(CNC(=O)NCc2cc(-c3ccco3)cs2)cc1OC. The zero-order valence-electron chi connectivity index (χ0n) is 14.6. The monoisotopic (exact) mass is 372 g/mol. The summed E-state index contributed by atoms with van der Waals surface area (Å²) in [4.78, 5) is 13.1. The number of amides is 2. The highest BCUT2D eigenvalue weighted by Gasteiger charge is 2.08. The molecule has 0 spiro atoms. The molecule has 0 fully saturated rings. The zero-order valence-corrected chi connectivity index (χ0v) is 15.4. The van der Waals surface area contributed by atoms with Crippen LogP contribution in [0.25, 0.3) is 11.3 Å². The Labute approximate surface area is 155 Å². The molecule has 7 heteroatoms. The van der Waals surface area contributed by atoms with Crippen LogP contribution in [0.4, 0.5) is 4.79 Å². The largest absolute Gasteiger partial charge is 0.493 e. The molecule has 0 saturated carbocycles. The average molecular weight is 372 g/mol. The van der Waals surface area contributed by atoms with Crippen molar-refractivity contribution in [1.82, 2.24) is 10.6 Å². The lowest BCUT2D eigenvalue weighted by molar-refractivity contribution is 0.240. The van der Waals surface area contributed by atoms with Crippen molar-refractivity contribution in [2.24, 2.45) is 0 Å². The summed E-state index contributed by atoms with van der Waals surface area (Å²) in [5.41, 5.74) is 1.94. The van der Waals surface area contributed by atoms with Crippen LogP contribution < -0.4 is 20.1 Å². The molecule has 1 aromatic carbocycles. The lowest BCUT2D eigenvalue weighted by Crippen LogP contribution is -2.34. The number of furan rings is 1. The third kappa shape index (κ3) is 4.37. The van der Waals surface area contributed by atoms with Crippen LogP contribution in [0.2, 0.25) is 0 Å². The normalized spacial score (nSPS) is 10.4. The van der Waals surface area contributed by atoms with Crippen LogP contribution in [-0.4, -0.2) is 20.3 Å². The van der Waals surface area contributed by atoms with Gasteiger partial charge in [-0.2, -0.15) is 0 Å². The summed E-state index contributed by atoms with van der Waals surface area (Å²) in [7, 11) is 3.17. The van der Waals surface area contributed by atoms with Gasteiger partial charge in [-0.3, -0.25) is 0 Å². The Morgan fingerprint density at radius 3 is 2.62 bits per heavy atom. The number of benzene rings is 1. The van der Waals surface area contributed by atoms with E-state index in [1.54, 1.807) is 31.8 Å². The molecule has 0 radical (unpaired) electrons. The van der Waals surface area contributed by atoms with Crippen LogP contribution in [-0.2, 0) is 13.1 Å². The predicted molar refractivity (Wildman–Crippen MR) is 101 cm³/mol. The minimum atomic E-state index is -0.229. The minimum Gasteiger partial charge on any atom is -0.493 e. The molecule has 3 aromatic rings. The van der Waals surface area contributed by atoms with E-state index < -0.39 is 0 Å². The van der Waals surface area contributed by atoms with Crippen molar-refractivity contribution >= 4 is 17.4 Å². The molecular weight excluding hydrogens is 352 g/mol. The molecule has 26 heavy (non-hydrogen) atoms. The van der Waals surface area contributed by atoms with Gasteiger partial charge in [0.15, 0.2) is 11.5 Å². The predicted octanol–water partition coefficient (Wildman–Crippen LogP) is 4.02. The fourth-order valence-corrected chi connectivity index (χ4v) is 3.26. The molecule has 0 bridgehead atoms. The summed E-state index contributed by atoms with van der Waals surface area (Å²) in [6.07, 6.45) is 1.65. The van der Waals surface area contributed by atoms with E-state index in [2.05, 4.69) is 10.6 Å². The molecule has 2 amide bonds. The van der Waals surface area contributed by atoms with Gasteiger partial charge in [-0.15, -0.1) is 11.3 Å². The Balaban J connectivity index is 1.49. The number of carbonyl (C=O) groups excluding carboxylic acids is 1. The molecule has 0 atom stereocenters. The number of hydrogen-bond donors (Lipinski definition) is 2. The lowest BCUT2D eigenvalue weighted by Gasteiger charge is -2.10. The first-order valence-electron chi connectivity index (χ1n) is 8.03. The van der Waals surface area contributed by atoms with Gasteiger partial charge >= 0.3 is 6.03 Å². The van der Waals surface area contributed by atoms with Gasteiger partial charge in [-0.05, 0) is 35.9 Å². The van der Waals surface area contributed by atoms with E-state index in [1.165, 1.54) is 0 Å². The van der Waals surface area contributed by atoms with Crippen LogP contribution in [0.15, 0.2) is 52.5 Å². The third-order valence-electron chi connectivity index (χ3n) is 3.78. The van der Waals surface area contributed by atoms with Gasteiger partial charge in [0.1, 0.15) is 5.76 Å². The van der Waals surface area contributed by atoms with Gasteiger partial charge in [0.05, 0.1) is 27.0 Å². The Morgan fingerprint density at radius 2 is 1.88 bits per heavy atom. The first-order chi connectivity index (χ1) is 12.7. The summed E-state index contributed by atoms with van der Waals surface area (Å²) in [5, 5.41) is 7.70. The number of methoxy groups -OCH3 is 2. The van der Waals surface area contributed by atoms with Crippen molar-refractivity contribution in [3.8, 4) is 22.8 Å². The molecule has 136 valence electrons. The molecule has 2 N–H and O–H groups in total. The standard InChI is InChI=1S/C19H20N2O4S/c1-23-17-6-5-13(8-18(17)24-2)10-20-19(22)21-11-15-9-14(12-26-15)16-4-3-7-25-16/h3-9,12H,10-11H2,1-2H3,(H2,20,21,22). The average Bonchev–Trinajstić information content (AvgIpc) is 3.35. The molecule has 2 aromatic heterocycles. The van der Waals surface area contributed by atoms with Crippen LogP contribution in [0, 0.1) is 0 Å². The van der Waals surface area contributed by atoms with E-state index >= 15 is 0 Å². The highest BCUT2D eigenvalue weighted by Crippen LogP contribution is 2.27. The van der Waals surface area contributed by atoms with Crippen molar-refractivity contribution in [2.75, 3.05) is 14.2 Å². The quantitative estimate of drug-likeness (QED) is 0.657. The van der Waals surface area contributed by atoms with Crippen molar-refractivity contribution in [2.45, 2.75) is 13.1 Å². The fourth-order valence-electron chi connectivity index (χ4n) is 2.45. The Morgan fingerprint density at radius 1 is 1.08 bits per heavy atom. The first kappa shape index (κ1) is 17.9. The van der Waals surface area contributed by atoms with Crippen LogP contribution in [0.5, 0.6) is 11.5 Å². The maximum atomic E-state index is 12.0. The van der Waals surface area contributed by atoms with E-state index in [0.29, 0.717) is 24.6 Å². The third-order valence-corrected chi connectivity index (χ3v) is 4.72. The van der Waals surface area contributed by atoms with Gasteiger partial charge in [0, 0.05) is 22.4 Å². The van der Waals surface area contributed by atoms with E-state index in [0.717, 1.165) is 21.8 Å². The Bertz CT molecular complexity index is 858. The summed E-state index contributed by atoms with van der Waals surface area (Å²) in [5.74, 6) is 2.12. The van der Waals surface area contributed by atoms with Crippen LogP contribution in [0.1, 0.15) is 10.4 Å². The highest BCUT2D eigenvalue weighted by atomic mass is 32.1. The Kier molecular flexibility index (Phi) is 5.80. The van der Waals surface area contributed by atoms with Crippen molar-refractivity contribution < 1.29 is 18.7 Å². The highest BCUT2D eigenvalue weighted by molar-refractivity contribution is 7.10. The maximum absolute atomic E-state index is 12.0. The number of urea groups is 1. The van der Waals surface area contributed by atoms with E-state index in [9.17, 15) is 4.79 Å². The van der Waals surface area contributed by atoms with Crippen LogP contribution >= 0.6 is 11.3 Å². The molecule has 3 rings (SSSR count). The van der Waals surface area contributed by atoms with Crippen molar-refractivity contribution in [3.63, 3.8) is 0 Å². The van der Waals surface area contributed by atoms with Crippen LogP contribution in [0.3, 0.4) is 0 Å². The van der Waals surface area contributed by atoms with E-state index in [1.807, 2.05) is 41.8 Å². The molecule has 0 aliphatic rings. The maximum Gasteiger partial charge on any atom is 0.315 e. The number of rotatable bonds is 7. The summed E-state index contributed by atoms with van der Waals surface area (Å²) in [6.45, 7) is 0.859. The first-order valence-corrected chi connectivity index (χ1v) is 8.91. The number of nitrogens with one attached hydrogen (secondary N) is 2. The molecule has 0 unspecified atom stereocenters. The number of thiophene rings is 1. The van der Waals surface area contributed by atoms with Gasteiger partial charge in [-0.25, -0.2) is 4.79 Å². The van der Waals surface area contributed by atoms with Gasteiger partial charge in [-0.1, -0.05) is 6.07 Å². The summed E-state index contributed by atoms with van der Waals surface area (Å²) in [6, 6.07) is 11.1. The summed E-state index contributed by atoms with van der Waals surface area (Å²) >= 11 is 1.58. The molecule has 0 aliphatic heterocycles. The van der Waals surface area contributed by atoms with Crippen molar-refractivity contribution in [1.29, 1.82) is 0 Å². The van der Waals surface area contributed by atoms with Gasteiger partial charge in [0.25, 0.3) is 0 Å². The second kappa shape index (κ2) is 8.44. The zero-order chi connectivity index (χ0) is 18.4. The number of ether oxygens (including phenoxy) is 2. The molecule has 0 saturated heterocycles. The topological polar surface area (TPSA) is 72.7 Å².